The van der Waals surface area contributed by atoms with Gasteiger partial charge in [0, 0.05) is 16.5 Å². The molecule has 194 valence electrons. The monoisotopic (exact) mass is 533 g/mol. The minimum atomic E-state index is -0.648. The smallest absolute Gasteiger partial charge is 0.366 e. The molecule has 0 unspecified atom stereocenters. The number of phenolic OH excluding ortho intramolecular Hbond substituents is 1. The van der Waals surface area contributed by atoms with E-state index in [-0.39, 0.29) is 16.3 Å². The number of carbonyl (C=O) groups excluding carboxylic acids is 1. The van der Waals surface area contributed by atoms with Gasteiger partial charge in [-0.3, -0.25) is 4.79 Å². The lowest BCUT2D eigenvalue weighted by molar-refractivity contribution is -0.107. The van der Waals surface area contributed by atoms with E-state index >= 15 is 0 Å². The maximum atomic E-state index is 13.2. The molecule has 1 atom stereocenters. The Morgan fingerprint density at radius 3 is 2.47 bits per heavy atom. The van der Waals surface area contributed by atoms with Crippen LogP contribution in [0.15, 0.2) is 57.9 Å². The molecular weight excluding hydrogens is 510 g/mol. The molecule has 0 saturated carbocycles. The molecule has 0 bridgehead atoms. The predicted molar refractivity (Wildman–Crippen MR) is 144 cm³/mol. The second-order valence-corrected chi connectivity index (χ2v) is 9.38. The van der Waals surface area contributed by atoms with Gasteiger partial charge in [0.05, 0.1) is 39.1 Å². The Morgan fingerprint density at radius 2 is 1.76 bits per heavy atom. The van der Waals surface area contributed by atoms with Crippen molar-refractivity contribution >= 4 is 33.7 Å². The molecule has 0 fully saturated rings. The summed E-state index contributed by atoms with van der Waals surface area (Å²) in [7, 11) is 6.00. The summed E-state index contributed by atoms with van der Waals surface area (Å²) in [5.74, 6) is 1.63. The number of fused-ring (bicyclic) bond motifs is 2. The highest BCUT2D eigenvalue weighted by molar-refractivity contribution is 8.14. The zero-order valence-corrected chi connectivity index (χ0v) is 21.8. The van der Waals surface area contributed by atoms with Gasteiger partial charge in [0.15, 0.2) is 23.0 Å². The van der Waals surface area contributed by atoms with Crippen LogP contribution in [0.25, 0.3) is 28.0 Å². The van der Waals surface area contributed by atoms with Crippen LogP contribution in [0.4, 0.5) is 0 Å². The standard InChI is InChI=1S/C28H23NO8S/c1-33-18-7-5-6-15-22(18)27(38-21(31)11-9-14-8-10-17(30)19(12-14)34-2)25-23-16(28(32)37-29-25)13-20(35-3)26(36-4)24(15)23/h5-13,27,30H,1-4H3/b11-9+/t27-/m1/s1. The number of carbonyl (C=O) groups is 1. The number of nitrogens with zero attached hydrogens (tertiary/aromatic N) is 1. The molecule has 0 saturated heterocycles. The minimum absolute atomic E-state index is 0.00245. The first-order valence-electron chi connectivity index (χ1n) is 11.4. The molecule has 1 aliphatic rings. The quantitative estimate of drug-likeness (QED) is 0.326. The van der Waals surface area contributed by atoms with Crippen molar-refractivity contribution in [3.63, 3.8) is 0 Å². The van der Waals surface area contributed by atoms with E-state index in [9.17, 15) is 14.7 Å². The molecule has 1 N–H and O–H groups in total. The first-order chi connectivity index (χ1) is 18.4. The van der Waals surface area contributed by atoms with Crippen LogP contribution in [0.5, 0.6) is 28.7 Å². The second-order valence-electron chi connectivity index (χ2n) is 8.27. The van der Waals surface area contributed by atoms with Gasteiger partial charge < -0.3 is 28.6 Å². The normalized spacial score (nSPS) is 13.8. The molecular formula is C28H23NO8S. The van der Waals surface area contributed by atoms with Crippen molar-refractivity contribution in [1.29, 1.82) is 0 Å². The van der Waals surface area contributed by atoms with Crippen molar-refractivity contribution in [2.45, 2.75) is 5.25 Å². The number of methoxy groups -OCH3 is 4. The molecule has 0 spiro atoms. The average Bonchev–Trinajstić information content (AvgIpc) is 2.94. The zero-order valence-electron chi connectivity index (χ0n) is 20.9. The zero-order chi connectivity index (χ0) is 27.0. The lowest BCUT2D eigenvalue weighted by Crippen LogP contribution is -2.16. The average molecular weight is 534 g/mol. The lowest BCUT2D eigenvalue weighted by Gasteiger charge is -2.28. The van der Waals surface area contributed by atoms with Crippen molar-refractivity contribution < 1.29 is 33.4 Å². The van der Waals surface area contributed by atoms with Crippen molar-refractivity contribution in [1.82, 2.24) is 5.16 Å². The first kappa shape index (κ1) is 25.2. The van der Waals surface area contributed by atoms with Crippen LogP contribution in [-0.4, -0.2) is 43.8 Å². The van der Waals surface area contributed by atoms with Crippen LogP contribution >= 0.6 is 11.8 Å². The lowest BCUT2D eigenvalue weighted by atomic mass is 9.85. The fraction of sp³-hybridized carbons (Fsp3) is 0.179. The van der Waals surface area contributed by atoms with E-state index in [1.807, 2.05) is 12.1 Å². The molecule has 10 heteroatoms. The van der Waals surface area contributed by atoms with E-state index in [1.165, 1.54) is 33.5 Å². The highest BCUT2D eigenvalue weighted by Gasteiger charge is 2.37. The van der Waals surface area contributed by atoms with Gasteiger partial charge in [-0.25, -0.2) is 4.79 Å². The molecule has 4 aromatic rings. The Kier molecular flexibility index (Phi) is 6.73. The van der Waals surface area contributed by atoms with Crippen molar-refractivity contribution in [3.05, 3.63) is 75.8 Å². The molecule has 5 rings (SSSR count). The van der Waals surface area contributed by atoms with E-state index in [0.717, 1.165) is 17.3 Å². The third kappa shape index (κ3) is 4.12. The molecule has 3 aromatic carbocycles. The summed E-state index contributed by atoms with van der Waals surface area (Å²) >= 11 is 1.01. The number of hydrogen-bond acceptors (Lipinski definition) is 10. The summed E-state index contributed by atoms with van der Waals surface area (Å²) in [6.45, 7) is 0. The highest BCUT2D eigenvalue weighted by atomic mass is 32.2. The topological polar surface area (TPSA) is 117 Å². The fourth-order valence-corrected chi connectivity index (χ4v) is 5.63. The van der Waals surface area contributed by atoms with Gasteiger partial charge in [0.1, 0.15) is 11.4 Å². The van der Waals surface area contributed by atoms with Crippen LogP contribution in [0, 0.1) is 0 Å². The Bertz CT molecular complexity index is 1660. The van der Waals surface area contributed by atoms with Gasteiger partial charge >= 0.3 is 5.63 Å². The van der Waals surface area contributed by atoms with Crippen molar-refractivity contribution in [2.24, 2.45) is 0 Å². The van der Waals surface area contributed by atoms with Crippen LogP contribution < -0.4 is 24.6 Å². The third-order valence-electron chi connectivity index (χ3n) is 6.29. The molecule has 0 aliphatic heterocycles. The Morgan fingerprint density at radius 1 is 1.00 bits per heavy atom. The number of ether oxygens (including phenoxy) is 4. The van der Waals surface area contributed by atoms with Crippen LogP contribution in [-0.2, 0) is 4.79 Å². The van der Waals surface area contributed by atoms with E-state index in [1.54, 1.807) is 37.5 Å². The molecule has 1 aliphatic carbocycles. The number of benzene rings is 3. The molecule has 1 heterocycles. The predicted octanol–water partition coefficient (Wildman–Crippen LogP) is 4.97. The number of hydrogen-bond donors (Lipinski definition) is 1. The molecule has 38 heavy (non-hydrogen) atoms. The second kappa shape index (κ2) is 10.1. The number of aromatic nitrogens is 1. The largest absolute Gasteiger partial charge is 0.504 e. The molecule has 0 radical (unpaired) electrons. The Labute approximate surface area is 221 Å². The van der Waals surface area contributed by atoms with Crippen LogP contribution in [0.2, 0.25) is 0 Å². The summed E-state index contributed by atoms with van der Waals surface area (Å²) < 4.78 is 27.2. The van der Waals surface area contributed by atoms with Crippen LogP contribution in [0.3, 0.4) is 0 Å². The third-order valence-corrected chi connectivity index (χ3v) is 7.35. The SMILES string of the molecule is COc1cc(/C=C/C(=O)S[C@@H]2c3c(OC)cccc3-c3c(OC)c(OC)cc4c(=O)onc2c34)ccc1O. The first-order valence-corrected chi connectivity index (χ1v) is 12.3. The minimum Gasteiger partial charge on any atom is -0.504 e. The number of thioether (sulfide) groups is 1. The Balaban J connectivity index is 1.67. The summed E-state index contributed by atoms with van der Waals surface area (Å²) in [4.78, 5) is 26.0. The molecule has 1 aromatic heterocycles. The number of rotatable bonds is 7. The van der Waals surface area contributed by atoms with E-state index in [2.05, 4.69) is 5.16 Å². The van der Waals surface area contributed by atoms with E-state index in [0.29, 0.717) is 50.8 Å². The van der Waals surface area contributed by atoms with Gasteiger partial charge in [-0.2, -0.15) is 0 Å². The molecule has 9 nitrogen and oxygen atoms in total. The highest BCUT2D eigenvalue weighted by Crippen LogP contribution is 2.56. The van der Waals surface area contributed by atoms with Crippen molar-refractivity contribution in [3.8, 4) is 39.9 Å². The summed E-state index contributed by atoms with van der Waals surface area (Å²) in [6.07, 6.45) is 3.05. The fourth-order valence-electron chi connectivity index (χ4n) is 4.62. The summed E-state index contributed by atoms with van der Waals surface area (Å²) in [6, 6.07) is 11.8. The summed E-state index contributed by atoms with van der Waals surface area (Å²) in [5.41, 5.74) is 2.46. The van der Waals surface area contributed by atoms with Gasteiger partial charge in [0.2, 0.25) is 5.12 Å². The Hall–Kier alpha value is -4.44. The number of phenols is 1. The van der Waals surface area contributed by atoms with Crippen LogP contribution in [0.1, 0.15) is 22.1 Å². The van der Waals surface area contributed by atoms with E-state index in [4.69, 9.17) is 23.5 Å². The molecule has 0 amide bonds. The van der Waals surface area contributed by atoms with Gasteiger partial charge in [0.25, 0.3) is 0 Å². The van der Waals surface area contributed by atoms with Crippen molar-refractivity contribution in [2.75, 3.05) is 28.4 Å². The maximum Gasteiger partial charge on any atom is 0.366 e. The summed E-state index contributed by atoms with van der Waals surface area (Å²) in [5, 5.41) is 13.8. The number of aromatic hydroxyl groups is 1. The van der Waals surface area contributed by atoms with E-state index < -0.39 is 10.9 Å². The van der Waals surface area contributed by atoms with Gasteiger partial charge in [-0.15, -0.1) is 0 Å². The maximum absolute atomic E-state index is 13.2. The van der Waals surface area contributed by atoms with Gasteiger partial charge in [-0.05, 0) is 41.5 Å². The van der Waals surface area contributed by atoms with Gasteiger partial charge in [-0.1, -0.05) is 41.2 Å².